The lowest BCUT2D eigenvalue weighted by molar-refractivity contribution is -0.133. The first-order valence-corrected chi connectivity index (χ1v) is 16.2. The number of nitrogens with one attached hydrogen (secondary N) is 1. The van der Waals surface area contributed by atoms with Crippen molar-refractivity contribution in [3.63, 3.8) is 0 Å². The number of benzene rings is 2. The Balaban J connectivity index is 0.00000201. The van der Waals surface area contributed by atoms with Crippen molar-refractivity contribution in [1.82, 2.24) is 25.1 Å². The summed E-state index contributed by atoms with van der Waals surface area (Å²) in [6.45, 7) is 5.39. The highest BCUT2D eigenvalue weighted by Gasteiger charge is 2.20. The van der Waals surface area contributed by atoms with Crippen molar-refractivity contribution in [1.29, 1.82) is 0 Å². The summed E-state index contributed by atoms with van der Waals surface area (Å²) in [5.41, 5.74) is 27.2. The van der Waals surface area contributed by atoms with Gasteiger partial charge in [-0.25, -0.2) is 9.97 Å². The molecule has 2 amide bonds. The maximum absolute atomic E-state index is 12.7. The van der Waals surface area contributed by atoms with Gasteiger partial charge in [-0.3, -0.25) is 29.6 Å². The second kappa shape index (κ2) is 19.8. The third-order valence-electron chi connectivity index (χ3n) is 7.79. The van der Waals surface area contributed by atoms with E-state index in [1.54, 1.807) is 0 Å². The Morgan fingerprint density at radius 2 is 1.48 bits per heavy atom. The first-order chi connectivity index (χ1) is 23.1. The van der Waals surface area contributed by atoms with Crippen LogP contribution in [0, 0.1) is 0 Å². The van der Waals surface area contributed by atoms with E-state index in [-0.39, 0.29) is 40.8 Å². The van der Waals surface area contributed by atoms with Crippen molar-refractivity contribution in [2.45, 2.75) is 38.5 Å². The molecule has 1 fully saturated rings. The Bertz CT molecular complexity index is 1510. The minimum Gasteiger partial charge on any atom is -0.483 e. The van der Waals surface area contributed by atoms with Gasteiger partial charge in [0.25, 0.3) is 12.4 Å². The first kappa shape index (κ1) is 37.7. The number of aliphatic imine (C=N–C) groups is 1. The lowest BCUT2D eigenvalue weighted by atomic mass is 9.99. The fraction of sp³-hybridized carbons (Fsp3) is 0.394. The minimum absolute atomic E-state index is 0.0381. The zero-order chi connectivity index (χ0) is 34.9. The van der Waals surface area contributed by atoms with Gasteiger partial charge in [-0.05, 0) is 67.4 Å². The lowest BCUT2D eigenvalue weighted by Crippen LogP contribution is -2.49. The van der Waals surface area contributed by atoms with Gasteiger partial charge in [0.1, 0.15) is 0 Å². The number of hydrogen-bond donors (Lipinski definition) is 6. The number of carbonyl (C=O) groups is 3. The second-order valence-electron chi connectivity index (χ2n) is 11.2. The average molecular weight is 681 g/mol. The number of aromatic nitrogens is 2. The number of piperazine rings is 1. The molecule has 2 heterocycles. The standard InChI is InChI=1S/C32H43ClN10O2.CH2O2/c33-28-30(36)40-29(35)27(39-28)31(45)41-32(37)38-16-2-1-4-22-5-10-24(11-6-22)25-12-7-23(8-13-25)9-14-26(44)43-20-18-42(19-21-43)17-3-15-34;2-1-3/h5-8,10-13H,1-4,9,14-21,34H2,(H4,35,36,40)(H3,37,38,41,45);1H,(H,2,3). The molecule has 15 heteroatoms. The summed E-state index contributed by atoms with van der Waals surface area (Å²) in [6, 6.07) is 17.0. The number of unbranched alkanes of at least 4 members (excludes halogenated alkanes) is 1. The number of amides is 2. The van der Waals surface area contributed by atoms with E-state index < -0.39 is 5.91 Å². The van der Waals surface area contributed by atoms with Crippen LogP contribution in [0.3, 0.4) is 0 Å². The number of aryl methyl sites for hydroxylation is 2. The average Bonchev–Trinajstić information content (AvgIpc) is 3.08. The number of halogens is 1. The van der Waals surface area contributed by atoms with Crippen LogP contribution in [0.25, 0.3) is 11.1 Å². The summed E-state index contributed by atoms with van der Waals surface area (Å²) in [5, 5.41) is 9.21. The highest BCUT2D eigenvalue weighted by atomic mass is 35.5. The van der Waals surface area contributed by atoms with E-state index in [0.29, 0.717) is 19.5 Å². The van der Waals surface area contributed by atoms with Crippen molar-refractivity contribution < 1.29 is 19.5 Å². The number of carboxylic acid groups (broad SMARTS) is 1. The minimum atomic E-state index is -0.660. The number of hydrogen-bond acceptors (Lipinski definition) is 10. The van der Waals surface area contributed by atoms with E-state index in [1.807, 2.05) is 4.90 Å². The van der Waals surface area contributed by atoms with E-state index in [1.165, 1.54) is 11.1 Å². The molecule has 2 aromatic carbocycles. The van der Waals surface area contributed by atoms with Crippen molar-refractivity contribution in [3.05, 3.63) is 70.5 Å². The van der Waals surface area contributed by atoms with Crippen LogP contribution in [-0.2, 0) is 22.4 Å². The number of nitrogens with two attached hydrogens (primary N) is 4. The van der Waals surface area contributed by atoms with Gasteiger partial charge in [-0.2, -0.15) is 0 Å². The summed E-state index contributed by atoms with van der Waals surface area (Å²) in [5.74, 6) is -0.669. The smallest absolute Gasteiger partial charge is 0.290 e. The van der Waals surface area contributed by atoms with Gasteiger partial charge in [0.2, 0.25) is 5.91 Å². The molecule has 0 spiro atoms. The molecular weight excluding hydrogens is 636 g/mol. The number of anilines is 2. The van der Waals surface area contributed by atoms with Crippen LogP contribution in [-0.4, -0.2) is 94.9 Å². The van der Waals surface area contributed by atoms with Gasteiger partial charge in [0.15, 0.2) is 28.4 Å². The maximum atomic E-state index is 12.7. The number of carbonyl (C=O) groups excluding carboxylic acids is 2. The van der Waals surface area contributed by atoms with Crippen LogP contribution in [0.1, 0.15) is 47.3 Å². The molecule has 0 aliphatic carbocycles. The fourth-order valence-corrected chi connectivity index (χ4v) is 5.26. The van der Waals surface area contributed by atoms with E-state index in [4.69, 9.17) is 44.4 Å². The van der Waals surface area contributed by atoms with Gasteiger partial charge < -0.3 is 32.9 Å². The number of nitrogen functional groups attached to an aromatic ring is 2. The van der Waals surface area contributed by atoms with Crippen LogP contribution >= 0.6 is 11.6 Å². The topological polar surface area (TPSA) is 232 Å². The number of guanidine groups is 1. The molecule has 4 rings (SSSR count). The third kappa shape index (κ3) is 12.1. The van der Waals surface area contributed by atoms with E-state index >= 15 is 0 Å². The molecule has 10 N–H and O–H groups in total. The summed E-state index contributed by atoms with van der Waals surface area (Å²) in [7, 11) is 0. The Labute approximate surface area is 285 Å². The predicted octanol–water partition coefficient (Wildman–Crippen LogP) is 2.16. The summed E-state index contributed by atoms with van der Waals surface area (Å²) >= 11 is 5.82. The normalized spacial score (nSPS) is 13.4. The van der Waals surface area contributed by atoms with E-state index in [0.717, 1.165) is 76.0 Å². The van der Waals surface area contributed by atoms with Crippen LogP contribution < -0.4 is 28.3 Å². The molecule has 48 heavy (non-hydrogen) atoms. The second-order valence-corrected chi connectivity index (χ2v) is 11.5. The van der Waals surface area contributed by atoms with Gasteiger partial charge in [-0.15, -0.1) is 0 Å². The molecule has 14 nitrogen and oxygen atoms in total. The van der Waals surface area contributed by atoms with Crippen LogP contribution in [0.5, 0.6) is 0 Å². The SMILES string of the molecule is NCCCN1CCN(C(=O)CCc2ccc(-c3ccc(CCCCN=C(N)NC(=O)c4nc(Cl)c(N)nc4N)cc3)cc2)CC1.O=CO. The first-order valence-electron chi connectivity index (χ1n) is 15.8. The van der Waals surface area contributed by atoms with Crippen LogP contribution in [0.15, 0.2) is 53.5 Å². The summed E-state index contributed by atoms with van der Waals surface area (Å²) in [4.78, 5) is 49.6. The number of nitrogens with zero attached hydrogens (tertiary/aromatic N) is 5. The van der Waals surface area contributed by atoms with E-state index in [2.05, 4.69) is 73.7 Å². The molecule has 0 radical (unpaired) electrons. The van der Waals surface area contributed by atoms with Gasteiger partial charge in [0, 0.05) is 39.1 Å². The molecule has 0 bridgehead atoms. The van der Waals surface area contributed by atoms with Gasteiger partial charge >= 0.3 is 0 Å². The molecule has 0 atom stereocenters. The summed E-state index contributed by atoms with van der Waals surface area (Å²) < 4.78 is 0. The molecule has 1 saturated heterocycles. The quantitative estimate of drug-likeness (QED) is 0.0662. The summed E-state index contributed by atoms with van der Waals surface area (Å²) in [6.07, 6.45) is 4.88. The Morgan fingerprint density at radius 3 is 2.06 bits per heavy atom. The molecule has 1 aliphatic rings. The molecule has 1 aliphatic heterocycles. The van der Waals surface area contributed by atoms with Crippen molar-refractivity contribution in [2.24, 2.45) is 16.5 Å². The van der Waals surface area contributed by atoms with Gasteiger partial charge in [-0.1, -0.05) is 60.1 Å². The number of rotatable bonds is 13. The van der Waals surface area contributed by atoms with Crippen molar-refractivity contribution in [2.75, 3.05) is 57.3 Å². The fourth-order valence-electron chi connectivity index (χ4n) is 5.14. The molecule has 0 saturated carbocycles. The zero-order valence-corrected chi connectivity index (χ0v) is 27.7. The molecule has 258 valence electrons. The lowest BCUT2D eigenvalue weighted by Gasteiger charge is -2.34. The van der Waals surface area contributed by atoms with Gasteiger partial charge in [0.05, 0.1) is 0 Å². The van der Waals surface area contributed by atoms with Crippen LogP contribution in [0.2, 0.25) is 5.15 Å². The van der Waals surface area contributed by atoms with E-state index in [9.17, 15) is 9.59 Å². The molecule has 3 aromatic rings. The highest BCUT2D eigenvalue weighted by molar-refractivity contribution is 6.31. The largest absolute Gasteiger partial charge is 0.483 e. The van der Waals surface area contributed by atoms with Crippen LogP contribution in [0.4, 0.5) is 11.6 Å². The Kier molecular flexibility index (Phi) is 15.5. The van der Waals surface area contributed by atoms with Crippen molar-refractivity contribution in [3.8, 4) is 11.1 Å². The Hall–Kier alpha value is -4.79. The third-order valence-corrected chi connectivity index (χ3v) is 8.07. The molecule has 0 unspecified atom stereocenters. The predicted molar refractivity (Wildman–Crippen MR) is 188 cm³/mol. The maximum Gasteiger partial charge on any atom is 0.290 e. The monoisotopic (exact) mass is 680 g/mol. The van der Waals surface area contributed by atoms with Crippen molar-refractivity contribution >= 4 is 47.5 Å². The Morgan fingerprint density at radius 1 is 0.896 bits per heavy atom. The zero-order valence-electron chi connectivity index (χ0n) is 27.0. The molecule has 1 aromatic heterocycles. The highest BCUT2D eigenvalue weighted by Crippen LogP contribution is 2.22. The molecular formula is C33H45ClN10O4.